The smallest absolute Gasteiger partial charge is 0.316 e. The fraction of sp³-hybridized carbons (Fsp3) is 0.500. The summed E-state index contributed by atoms with van der Waals surface area (Å²) in [6.07, 6.45) is 0.552. The van der Waals surface area contributed by atoms with E-state index in [1.165, 1.54) is 11.8 Å². The van der Waals surface area contributed by atoms with Gasteiger partial charge in [0.05, 0.1) is 17.3 Å². The Morgan fingerprint density at radius 2 is 2.08 bits per heavy atom. The summed E-state index contributed by atoms with van der Waals surface area (Å²) in [5, 5.41) is 2.58. The highest BCUT2D eigenvalue weighted by molar-refractivity contribution is 8.02. The maximum Gasteiger partial charge on any atom is 0.316 e. The van der Waals surface area contributed by atoms with Crippen molar-refractivity contribution in [3.63, 3.8) is 0 Å². The number of amides is 1. The van der Waals surface area contributed by atoms with E-state index in [2.05, 4.69) is 5.32 Å². The van der Waals surface area contributed by atoms with Gasteiger partial charge in [0.25, 0.3) is 5.91 Å². The number of nitrogens with one attached hydrogen (secondary N) is 1. The molecule has 1 atom stereocenters. The van der Waals surface area contributed by atoms with Crippen LogP contribution in [0.5, 0.6) is 11.5 Å². The number of ether oxygens (including phenoxy) is 3. The summed E-state index contributed by atoms with van der Waals surface area (Å²) in [5.41, 5.74) is 0.840. The lowest BCUT2D eigenvalue weighted by Gasteiger charge is -2.09. The molecule has 1 amide bonds. The molecule has 1 aromatic rings. The third-order valence-corrected chi connectivity index (χ3v) is 7.17. The van der Waals surface area contributed by atoms with Gasteiger partial charge in [0.15, 0.2) is 27.9 Å². The third kappa shape index (κ3) is 5.28. The van der Waals surface area contributed by atoms with Gasteiger partial charge in [-0.15, -0.1) is 11.8 Å². The van der Waals surface area contributed by atoms with Crippen LogP contribution in [0.2, 0.25) is 0 Å². The van der Waals surface area contributed by atoms with Crippen LogP contribution in [0.4, 0.5) is 0 Å². The molecule has 0 bridgehead atoms. The Labute approximate surface area is 155 Å². The fourth-order valence-corrected chi connectivity index (χ4v) is 6.01. The monoisotopic (exact) mass is 401 g/mol. The number of rotatable bonds is 7. The van der Waals surface area contributed by atoms with E-state index < -0.39 is 21.7 Å². The molecule has 0 spiro atoms. The molecule has 2 aliphatic rings. The van der Waals surface area contributed by atoms with Crippen LogP contribution in [-0.4, -0.2) is 56.2 Å². The molecule has 0 aromatic heterocycles. The topological polar surface area (TPSA) is 108 Å². The average molecular weight is 401 g/mol. The van der Waals surface area contributed by atoms with Crippen LogP contribution in [0, 0.1) is 0 Å². The molecule has 3 rings (SSSR count). The number of sulfone groups is 1. The van der Waals surface area contributed by atoms with Crippen molar-refractivity contribution in [2.75, 3.05) is 30.7 Å². The molecular formula is C16H19NO7S2. The molecular weight excluding hydrogens is 382 g/mol. The normalized spacial score (nSPS) is 19.9. The van der Waals surface area contributed by atoms with Gasteiger partial charge in [-0.1, -0.05) is 6.07 Å². The predicted octanol–water partition coefficient (Wildman–Crippen LogP) is 0.495. The number of fused-ring (bicyclic) bond motifs is 1. The largest absolute Gasteiger partial charge is 0.455 e. The molecule has 1 fully saturated rings. The third-order valence-electron chi connectivity index (χ3n) is 3.92. The summed E-state index contributed by atoms with van der Waals surface area (Å²) < 4.78 is 38.1. The number of benzene rings is 1. The van der Waals surface area contributed by atoms with Crippen molar-refractivity contribution < 1.29 is 32.2 Å². The second-order valence-electron chi connectivity index (χ2n) is 5.96. The molecule has 2 heterocycles. The number of hydrogen-bond acceptors (Lipinski definition) is 8. The molecule has 1 aromatic carbocycles. The lowest BCUT2D eigenvalue weighted by molar-refractivity contribution is -0.145. The SMILES string of the molecule is O=C(COC(=O)CS[C@@H]1CCS(=O)(=O)C1)NCc1ccc2c(c1)OCO2. The summed E-state index contributed by atoms with van der Waals surface area (Å²) in [6, 6.07) is 5.36. The quantitative estimate of drug-likeness (QED) is 0.658. The maximum atomic E-state index is 11.8. The molecule has 10 heteroatoms. The van der Waals surface area contributed by atoms with Crippen molar-refractivity contribution in [2.45, 2.75) is 18.2 Å². The zero-order valence-electron chi connectivity index (χ0n) is 13.9. The highest BCUT2D eigenvalue weighted by atomic mass is 32.2. The summed E-state index contributed by atoms with van der Waals surface area (Å²) in [5.74, 6) is 0.663. The number of carbonyl (C=O) groups excluding carboxylic acids is 2. The molecule has 0 aliphatic carbocycles. The van der Waals surface area contributed by atoms with Crippen LogP contribution in [0.3, 0.4) is 0 Å². The molecule has 0 saturated carbocycles. The van der Waals surface area contributed by atoms with Crippen molar-refractivity contribution in [3.05, 3.63) is 23.8 Å². The molecule has 0 unspecified atom stereocenters. The number of esters is 1. The Hall–Kier alpha value is -1.94. The zero-order chi connectivity index (χ0) is 18.6. The van der Waals surface area contributed by atoms with Crippen LogP contribution >= 0.6 is 11.8 Å². The van der Waals surface area contributed by atoms with Gasteiger partial charge in [-0.25, -0.2) is 8.42 Å². The molecule has 26 heavy (non-hydrogen) atoms. The van der Waals surface area contributed by atoms with E-state index in [0.29, 0.717) is 17.9 Å². The van der Waals surface area contributed by atoms with Crippen molar-refractivity contribution in [3.8, 4) is 11.5 Å². The Kier molecular flexibility index (Phi) is 5.92. The van der Waals surface area contributed by atoms with Crippen molar-refractivity contribution in [2.24, 2.45) is 0 Å². The van der Waals surface area contributed by atoms with Crippen LogP contribution in [0.25, 0.3) is 0 Å². The first-order valence-corrected chi connectivity index (χ1v) is 10.9. The van der Waals surface area contributed by atoms with Crippen LogP contribution in [0.1, 0.15) is 12.0 Å². The molecule has 8 nitrogen and oxygen atoms in total. The minimum absolute atomic E-state index is 0.0373. The highest BCUT2D eigenvalue weighted by Gasteiger charge is 2.28. The first-order chi connectivity index (χ1) is 12.4. The molecule has 1 N–H and O–H groups in total. The second-order valence-corrected chi connectivity index (χ2v) is 9.48. The Morgan fingerprint density at radius 1 is 1.27 bits per heavy atom. The fourth-order valence-electron chi connectivity index (χ4n) is 2.57. The summed E-state index contributed by atoms with van der Waals surface area (Å²) in [7, 11) is -2.96. The molecule has 2 aliphatic heterocycles. The van der Waals surface area contributed by atoms with Gasteiger partial charge in [-0.05, 0) is 24.1 Å². The highest BCUT2D eigenvalue weighted by Crippen LogP contribution is 2.32. The summed E-state index contributed by atoms with van der Waals surface area (Å²) in [4.78, 5) is 23.4. The number of thioether (sulfide) groups is 1. The minimum atomic E-state index is -2.96. The van der Waals surface area contributed by atoms with Crippen molar-refractivity contribution >= 4 is 33.5 Å². The van der Waals surface area contributed by atoms with Gasteiger partial charge in [0, 0.05) is 11.8 Å². The van der Waals surface area contributed by atoms with E-state index in [0.717, 1.165) is 5.56 Å². The van der Waals surface area contributed by atoms with E-state index in [4.69, 9.17) is 14.2 Å². The lowest BCUT2D eigenvalue weighted by Crippen LogP contribution is -2.28. The van der Waals surface area contributed by atoms with Crippen LogP contribution in [0.15, 0.2) is 18.2 Å². The van der Waals surface area contributed by atoms with E-state index in [1.807, 2.05) is 6.07 Å². The van der Waals surface area contributed by atoms with Gasteiger partial charge < -0.3 is 19.5 Å². The van der Waals surface area contributed by atoms with Gasteiger partial charge in [0.2, 0.25) is 6.79 Å². The standard InChI is InChI=1S/C16H19NO7S2/c18-15(17-6-11-1-2-13-14(5-11)24-10-23-13)7-22-16(19)8-25-12-3-4-26(20,21)9-12/h1-2,5,12H,3-4,6-10H2,(H,17,18)/t12-/m1/s1. The number of carbonyl (C=O) groups is 2. The van der Waals surface area contributed by atoms with Crippen molar-refractivity contribution in [1.82, 2.24) is 5.32 Å². The van der Waals surface area contributed by atoms with E-state index in [-0.39, 0.29) is 42.5 Å². The first kappa shape index (κ1) is 18.8. The molecule has 142 valence electrons. The van der Waals surface area contributed by atoms with Crippen LogP contribution in [-0.2, 0) is 30.7 Å². The first-order valence-electron chi connectivity index (χ1n) is 8.04. The lowest BCUT2D eigenvalue weighted by atomic mass is 10.2. The zero-order valence-corrected chi connectivity index (χ0v) is 15.6. The predicted molar refractivity (Wildman–Crippen MR) is 94.9 cm³/mol. The molecule has 1 saturated heterocycles. The second kappa shape index (κ2) is 8.17. The van der Waals surface area contributed by atoms with Gasteiger partial charge in [-0.3, -0.25) is 9.59 Å². The molecule has 0 radical (unpaired) electrons. The van der Waals surface area contributed by atoms with E-state index in [9.17, 15) is 18.0 Å². The number of hydrogen-bond donors (Lipinski definition) is 1. The van der Waals surface area contributed by atoms with E-state index >= 15 is 0 Å². The van der Waals surface area contributed by atoms with E-state index in [1.54, 1.807) is 12.1 Å². The maximum absolute atomic E-state index is 11.8. The summed E-state index contributed by atoms with van der Waals surface area (Å²) >= 11 is 1.26. The van der Waals surface area contributed by atoms with Gasteiger partial charge in [-0.2, -0.15) is 0 Å². The van der Waals surface area contributed by atoms with Crippen molar-refractivity contribution in [1.29, 1.82) is 0 Å². The van der Waals surface area contributed by atoms with Gasteiger partial charge >= 0.3 is 5.97 Å². The Bertz CT molecular complexity index is 794. The Balaban J connectivity index is 1.33. The Morgan fingerprint density at radius 3 is 2.85 bits per heavy atom. The minimum Gasteiger partial charge on any atom is -0.455 e. The summed E-state index contributed by atoms with van der Waals surface area (Å²) in [6.45, 7) is 0.0977. The van der Waals surface area contributed by atoms with Crippen LogP contribution < -0.4 is 14.8 Å². The van der Waals surface area contributed by atoms with Gasteiger partial charge in [0.1, 0.15) is 0 Å². The average Bonchev–Trinajstić information content (AvgIpc) is 3.21.